The van der Waals surface area contributed by atoms with E-state index in [9.17, 15) is 0 Å². The van der Waals surface area contributed by atoms with Crippen LogP contribution >= 0.6 is 0 Å². The van der Waals surface area contributed by atoms with E-state index < -0.39 is 0 Å². The van der Waals surface area contributed by atoms with Crippen molar-refractivity contribution in [2.75, 3.05) is 26.4 Å². The summed E-state index contributed by atoms with van der Waals surface area (Å²) in [6, 6.07) is 20.1. The van der Waals surface area contributed by atoms with Crippen molar-refractivity contribution in [1.29, 1.82) is 0 Å². The number of hydrogen-bond acceptors (Lipinski definition) is 4. The van der Waals surface area contributed by atoms with E-state index in [1.807, 2.05) is 60.7 Å². The fourth-order valence-corrected chi connectivity index (χ4v) is 2.78. The van der Waals surface area contributed by atoms with Gasteiger partial charge < -0.3 is 20.9 Å². The molecule has 0 bridgehead atoms. The van der Waals surface area contributed by atoms with Crippen molar-refractivity contribution in [1.82, 2.24) is 0 Å². The minimum atomic E-state index is -0.0431. The van der Waals surface area contributed by atoms with Crippen LogP contribution in [0, 0.1) is 0 Å². The average molecular weight is 357 g/mol. The van der Waals surface area contributed by atoms with E-state index in [2.05, 4.69) is 0 Å². The normalized spacial score (nSPS) is 13.5. The van der Waals surface area contributed by atoms with Gasteiger partial charge in [0.25, 0.3) is 0 Å². The molecule has 2 aromatic carbocycles. The van der Waals surface area contributed by atoms with Crippen LogP contribution in [0.2, 0.25) is 0 Å². The highest BCUT2D eigenvalue weighted by Gasteiger charge is 2.05. The molecular formula is C22H32N2O2. The number of rotatable bonds is 13. The number of nitrogens with two attached hydrogens (primary N) is 2. The lowest BCUT2D eigenvalue weighted by molar-refractivity contribution is 0.109. The molecule has 0 aliphatic heterocycles. The number of hydrogen-bond donors (Lipinski definition) is 2. The predicted octanol–water partition coefficient (Wildman–Crippen LogP) is 3.98. The molecule has 2 atom stereocenters. The molecule has 0 amide bonds. The lowest BCUT2D eigenvalue weighted by Gasteiger charge is -2.13. The van der Waals surface area contributed by atoms with E-state index >= 15 is 0 Å². The molecule has 0 aromatic heterocycles. The first-order chi connectivity index (χ1) is 12.8. The molecule has 0 aliphatic rings. The standard InChI is InChI=1S/C22H32N2O2/c23-21(19-11-5-3-6-12-19)17-25-15-9-1-2-10-16-26-18-22(24)20-13-7-4-8-14-20/h3-8,11-14,21-22H,1-2,9-10,15-18,23-24H2. The summed E-state index contributed by atoms with van der Waals surface area (Å²) in [7, 11) is 0. The minimum absolute atomic E-state index is 0.0431. The molecule has 2 unspecified atom stereocenters. The molecule has 2 aromatic rings. The van der Waals surface area contributed by atoms with Crippen LogP contribution in [-0.2, 0) is 9.47 Å². The SMILES string of the molecule is NC(COCCCCCCOCC(N)c1ccccc1)c1ccccc1. The first kappa shape index (κ1) is 20.6. The van der Waals surface area contributed by atoms with Gasteiger partial charge in [0.2, 0.25) is 0 Å². The Morgan fingerprint density at radius 2 is 0.962 bits per heavy atom. The highest BCUT2D eigenvalue weighted by Crippen LogP contribution is 2.11. The molecule has 0 fully saturated rings. The zero-order chi connectivity index (χ0) is 18.5. The van der Waals surface area contributed by atoms with Gasteiger partial charge in [-0.1, -0.05) is 73.5 Å². The molecule has 0 saturated carbocycles. The Hall–Kier alpha value is -1.72. The van der Waals surface area contributed by atoms with E-state index in [1.165, 1.54) is 0 Å². The van der Waals surface area contributed by atoms with Gasteiger partial charge in [-0.3, -0.25) is 0 Å². The fraction of sp³-hybridized carbons (Fsp3) is 0.455. The number of benzene rings is 2. The van der Waals surface area contributed by atoms with Crippen LogP contribution in [0.3, 0.4) is 0 Å². The van der Waals surface area contributed by atoms with Crippen LogP contribution in [0.15, 0.2) is 60.7 Å². The molecule has 4 heteroatoms. The topological polar surface area (TPSA) is 70.5 Å². The van der Waals surface area contributed by atoms with Gasteiger partial charge in [-0.2, -0.15) is 0 Å². The van der Waals surface area contributed by atoms with Gasteiger partial charge in [-0.25, -0.2) is 0 Å². The molecular weight excluding hydrogens is 324 g/mol. The largest absolute Gasteiger partial charge is 0.379 e. The molecule has 2 rings (SSSR count). The second kappa shape index (κ2) is 12.6. The minimum Gasteiger partial charge on any atom is -0.379 e. The van der Waals surface area contributed by atoms with E-state index in [4.69, 9.17) is 20.9 Å². The molecule has 142 valence electrons. The molecule has 0 spiro atoms. The summed E-state index contributed by atoms with van der Waals surface area (Å²) < 4.78 is 11.4. The van der Waals surface area contributed by atoms with Crippen molar-refractivity contribution in [2.24, 2.45) is 11.5 Å². The first-order valence-corrected chi connectivity index (χ1v) is 9.54. The first-order valence-electron chi connectivity index (χ1n) is 9.54. The second-order valence-electron chi connectivity index (χ2n) is 6.60. The molecule has 4 nitrogen and oxygen atoms in total. The highest BCUT2D eigenvalue weighted by atomic mass is 16.5. The third kappa shape index (κ3) is 8.11. The van der Waals surface area contributed by atoms with Gasteiger partial charge in [0.15, 0.2) is 0 Å². The van der Waals surface area contributed by atoms with Crippen molar-refractivity contribution in [3.05, 3.63) is 71.8 Å². The van der Waals surface area contributed by atoms with Gasteiger partial charge in [0.05, 0.1) is 25.3 Å². The lowest BCUT2D eigenvalue weighted by Crippen LogP contribution is -2.17. The summed E-state index contributed by atoms with van der Waals surface area (Å²) >= 11 is 0. The molecule has 0 heterocycles. The monoisotopic (exact) mass is 356 g/mol. The quantitative estimate of drug-likeness (QED) is 0.533. The number of unbranched alkanes of at least 4 members (excludes halogenated alkanes) is 3. The fourth-order valence-electron chi connectivity index (χ4n) is 2.78. The van der Waals surface area contributed by atoms with Crippen molar-refractivity contribution >= 4 is 0 Å². The summed E-state index contributed by atoms with van der Waals surface area (Å²) in [5.74, 6) is 0. The number of ether oxygens (including phenoxy) is 2. The predicted molar refractivity (Wildman–Crippen MR) is 107 cm³/mol. The average Bonchev–Trinajstić information content (AvgIpc) is 2.70. The van der Waals surface area contributed by atoms with Crippen LogP contribution in [-0.4, -0.2) is 26.4 Å². The van der Waals surface area contributed by atoms with Crippen LogP contribution in [0.5, 0.6) is 0 Å². The Morgan fingerprint density at radius 1 is 0.577 bits per heavy atom. The van der Waals surface area contributed by atoms with Crippen molar-refractivity contribution in [3.63, 3.8) is 0 Å². The Kier molecular flexibility index (Phi) is 9.98. The third-order valence-corrected chi connectivity index (χ3v) is 4.38. The maximum Gasteiger partial charge on any atom is 0.0659 e. The Morgan fingerprint density at radius 3 is 1.35 bits per heavy atom. The summed E-state index contributed by atoms with van der Waals surface area (Å²) in [4.78, 5) is 0. The van der Waals surface area contributed by atoms with Crippen molar-refractivity contribution in [3.8, 4) is 0 Å². The van der Waals surface area contributed by atoms with Crippen LogP contribution in [0.25, 0.3) is 0 Å². The van der Waals surface area contributed by atoms with E-state index in [-0.39, 0.29) is 12.1 Å². The molecule has 4 N–H and O–H groups in total. The van der Waals surface area contributed by atoms with Crippen LogP contribution < -0.4 is 11.5 Å². The maximum atomic E-state index is 6.11. The highest BCUT2D eigenvalue weighted by molar-refractivity contribution is 5.19. The van der Waals surface area contributed by atoms with Gasteiger partial charge in [0.1, 0.15) is 0 Å². The van der Waals surface area contributed by atoms with E-state index in [1.54, 1.807) is 0 Å². The Labute approximate surface area is 157 Å². The lowest BCUT2D eigenvalue weighted by atomic mass is 10.1. The van der Waals surface area contributed by atoms with E-state index in [0.717, 1.165) is 50.0 Å². The Balaban J connectivity index is 1.40. The Bertz CT molecular complexity index is 524. The van der Waals surface area contributed by atoms with Crippen LogP contribution in [0.4, 0.5) is 0 Å². The smallest absolute Gasteiger partial charge is 0.0659 e. The summed E-state index contributed by atoms with van der Waals surface area (Å²) in [6.07, 6.45) is 4.42. The van der Waals surface area contributed by atoms with E-state index in [0.29, 0.717) is 13.2 Å². The van der Waals surface area contributed by atoms with Crippen LogP contribution in [0.1, 0.15) is 48.9 Å². The van der Waals surface area contributed by atoms with Gasteiger partial charge in [-0.05, 0) is 24.0 Å². The third-order valence-electron chi connectivity index (χ3n) is 4.38. The van der Waals surface area contributed by atoms with Gasteiger partial charge in [0, 0.05) is 13.2 Å². The summed E-state index contributed by atoms with van der Waals surface area (Å²) in [5, 5.41) is 0. The molecule has 0 radical (unpaired) electrons. The van der Waals surface area contributed by atoms with Gasteiger partial charge >= 0.3 is 0 Å². The van der Waals surface area contributed by atoms with Gasteiger partial charge in [-0.15, -0.1) is 0 Å². The zero-order valence-corrected chi connectivity index (χ0v) is 15.6. The second-order valence-corrected chi connectivity index (χ2v) is 6.60. The molecule has 0 aliphatic carbocycles. The van der Waals surface area contributed by atoms with Crippen molar-refractivity contribution < 1.29 is 9.47 Å². The summed E-state index contributed by atoms with van der Waals surface area (Å²) in [6.45, 7) is 2.68. The summed E-state index contributed by atoms with van der Waals surface area (Å²) in [5.41, 5.74) is 14.5. The maximum absolute atomic E-state index is 6.11. The zero-order valence-electron chi connectivity index (χ0n) is 15.6. The van der Waals surface area contributed by atoms with Crippen molar-refractivity contribution in [2.45, 2.75) is 37.8 Å². The molecule has 0 saturated heterocycles. The molecule has 26 heavy (non-hydrogen) atoms.